The molecule has 1 heterocycles. The van der Waals surface area contributed by atoms with Gasteiger partial charge in [0.1, 0.15) is 0 Å². The lowest BCUT2D eigenvalue weighted by molar-refractivity contribution is 0.113. The zero-order chi connectivity index (χ0) is 13.2. The number of ether oxygens (including phenoxy) is 1. The second-order valence-electron chi connectivity index (χ2n) is 5.02. The van der Waals surface area contributed by atoms with Crippen LogP contribution < -0.4 is 5.32 Å². The molecule has 0 bridgehead atoms. The van der Waals surface area contributed by atoms with Crippen LogP contribution in [0.1, 0.15) is 52.4 Å². The standard InChI is InChI=1S/C14H28N2OS/c1-3-5-9-16(10-6-4-2)14(18)15-12-13-8-7-11-17-13/h13H,3-12H2,1-2H3,(H,15,18). The molecule has 0 aromatic heterocycles. The minimum absolute atomic E-state index is 0.363. The maximum absolute atomic E-state index is 5.60. The Balaban J connectivity index is 2.27. The van der Waals surface area contributed by atoms with E-state index in [2.05, 4.69) is 24.1 Å². The predicted molar refractivity (Wildman–Crippen MR) is 81.0 cm³/mol. The van der Waals surface area contributed by atoms with Crippen LogP contribution in [0, 0.1) is 0 Å². The van der Waals surface area contributed by atoms with Crippen molar-refractivity contribution in [2.45, 2.75) is 58.5 Å². The normalized spacial score (nSPS) is 18.9. The summed E-state index contributed by atoms with van der Waals surface area (Å²) in [6.45, 7) is 8.38. The minimum atomic E-state index is 0.363. The van der Waals surface area contributed by atoms with E-state index in [0.29, 0.717) is 6.10 Å². The minimum Gasteiger partial charge on any atom is -0.376 e. The van der Waals surface area contributed by atoms with Gasteiger partial charge in [-0.15, -0.1) is 0 Å². The van der Waals surface area contributed by atoms with E-state index >= 15 is 0 Å². The summed E-state index contributed by atoms with van der Waals surface area (Å²) in [4.78, 5) is 2.32. The lowest BCUT2D eigenvalue weighted by Gasteiger charge is -2.26. The van der Waals surface area contributed by atoms with Gasteiger partial charge in [0.05, 0.1) is 6.10 Å². The molecule has 106 valence electrons. The van der Waals surface area contributed by atoms with Crippen molar-refractivity contribution < 1.29 is 4.74 Å². The molecule has 0 saturated carbocycles. The van der Waals surface area contributed by atoms with E-state index in [1.807, 2.05) is 0 Å². The fourth-order valence-corrected chi connectivity index (χ4v) is 2.40. The van der Waals surface area contributed by atoms with Crippen LogP contribution in [-0.2, 0) is 4.74 Å². The van der Waals surface area contributed by atoms with E-state index in [4.69, 9.17) is 17.0 Å². The number of rotatable bonds is 8. The van der Waals surface area contributed by atoms with E-state index in [0.717, 1.165) is 31.4 Å². The number of thiocarbonyl (C=S) groups is 1. The van der Waals surface area contributed by atoms with Gasteiger partial charge in [0.25, 0.3) is 0 Å². The van der Waals surface area contributed by atoms with Crippen LogP contribution in [0.5, 0.6) is 0 Å². The smallest absolute Gasteiger partial charge is 0.169 e. The monoisotopic (exact) mass is 272 g/mol. The number of nitrogens with one attached hydrogen (secondary N) is 1. The maximum atomic E-state index is 5.60. The van der Waals surface area contributed by atoms with Gasteiger partial charge in [-0.3, -0.25) is 0 Å². The first-order valence-corrected chi connectivity index (χ1v) is 7.83. The maximum Gasteiger partial charge on any atom is 0.169 e. The van der Waals surface area contributed by atoms with Gasteiger partial charge in [0.15, 0.2) is 5.11 Å². The molecule has 1 saturated heterocycles. The summed E-state index contributed by atoms with van der Waals surface area (Å²) in [7, 11) is 0. The van der Waals surface area contributed by atoms with Gasteiger partial charge in [-0.05, 0) is 37.9 Å². The van der Waals surface area contributed by atoms with Crippen LogP contribution in [0.25, 0.3) is 0 Å². The van der Waals surface area contributed by atoms with Crippen LogP contribution in [0.3, 0.4) is 0 Å². The van der Waals surface area contributed by atoms with Gasteiger partial charge in [-0.2, -0.15) is 0 Å². The Kier molecular flexibility index (Phi) is 8.34. The van der Waals surface area contributed by atoms with Gasteiger partial charge < -0.3 is 15.0 Å². The Hall–Kier alpha value is -0.350. The van der Waals surface area contributed by atoms with Crippen molar-refractivity contribution in [1.29, 1.82) is 0 Å². The Bertz CT molecular complexity index is 222. The van der Waals surface area contributed by atoms with E-state index in [1.54, 1.807) is 0 Å². The topological polar surface area (TPSA) is 24.5 Å². The zero-order valence-electron chi connectivity index (χ0n) is 11.9. The Morgan fingerprint density at radius 2 is 1.94 bits per heavy atom. The second kappa shape index (κ2) is 9.56. The van der Waals surface area contributed by atoms with Gasteiger partial charge in [-0.25, -0.2) is 0 Å². The molecule has 0 aromatic rings. The van der Waals surface area contributed by atoms with Crippen molar-refractivity contribution >= 4 is 17.3 Å². The highest BCUT2D eigenvalue weighted by Crippen LogP contribution is 2.10. The highest BCUT2D eigenvalue weighted by atomic mass is 32.1. The summed E-state index contributed by atoms with van der Waals surface area (Å²) >= 11 is 5.50. The summed E-state index contributed by atoms with van der Waals surface area (Å²) in [5.74, 6) is 0. The van der Waals surface area contributed by atoms with E-state index in [-0.39, 0.29) is 0 Å². The third-order valence-corrected chi connectivity index (χ3v) is 3.76. The van der Waals surface area contributed by atoms with Crippen LogP contribution in [-0.4, -0.2) is 42.4 Å². The molecule has 1 unspecified atom stereocenters. The Morgan fingerprint density at radius 1 is 1.28 bits per heavy atom. The average molecular weight is 272 g/mol. The van der Waals surface area contributed by atoms with Gasteiger partial charge in [0.2, 0.25) is 0 Å². The number of unbranched alkanes of at least 4 members (excludes halogenated alkanes) is 2. The third-order valence-electron chi connectivity index (χ3n) is 3.36. The molecule has 1 fully saturated rings. The number of hydrogen-bond acceptors (Lipinski definition) is 2. The first-order valence-electron chi connectivity index (χ1n) is 7.42. The molecular formula is C14H28N2OS. The SMILES string of the molecule is CCCCN(CCCC)C(=S)NCC1CCCO1. The molecule has 1 rings (SSSR count). The number of nitrogens with zero attached hydrogens (tertiary/aromatic N) is 1. The third kappa shape index (κ3) is 6.01. The first-order chi connectivity index (χ1) is 8.77. The van der Waals surface area contributed by atoms with Crippen molar-refractivity contribution in [2.75, 3.05) is 26.2 Å². The van der Waals surface area contributed by atoms with Crippen molar-refractivity contribution in [3.63, 3.8) is 0 Å². The largest absolute Gasteiger partial charge is 0.376 e. The second-order valence-corrected chi connectivity index (χ2v) is 5.40. The molecule has 18 heavy (non-hydrogen) atoms. The number of hydrogen-bond donors (Lipinski definition) is 1. The highest BCUT2D eigenvalue weighted by Gasteiger charge is 2.16. The molecule has 3 nitrogen and oxygen atoms in total. The van der Waals surface area contributed by atoms with Crippen LogP contribution >= 0.6 is 12.2 Å². The molecule has 0 aliphatic carbocycles. The molecule has 0 amide bonds. The van der Waals surface area contributed by atoms with Crippen molar-refractivity contribution in [3.8, 4) is 0 Å². The summed E-state index contributed by atoms with van der Waals surface area (Å²) in [6.07, 6.45) is 7.58. The molecule has 0 aromatic carbocycles. The molecule has 0 radical (unpaired) electrons. The predicted octanol–water partition coefficient (Wildman–Crippen LogP) is 2.94. The molecule has 1 aliphatic rings. The molecule has 1 aliphatic heterocycles. The van der Waals surface area contributed by atoms with E-state index in [9.17, 15) is 0 Å². The van der Waals surface area contributed by atoms with Gasteiger partial charge in [0, 0.05) is 26.2 Å². The van der Waals surface area contributed by atoms with Crippen LogP contribution in [0.4, 0.5) is 0 Å². The van der Waals surface area contributed by atoms with Crippen LogP contribution in [0.2, 0.25) is 0 Å². The molecule has 4 heteroatoms. The van der Waals surface area contributed by atoms with Crippen molar-refractivity contribution in [2.24, 2.45) is 0 Å². The fourth-order valence-electron chi connectivity index (χ4n) is 2.13. The lowest BCUT2D eigenvalue weighted by atomic mass is 10.2. The van der Waals surface area contributed by atoms with Crippen molar-refractivity contribution in [1.82, 2.24) is 10.2 Å². The highest BCUT2D eigenvalue weighted by molar-refractivity contribution is 7.80. The summed E-state index contributed by atoms with van der Waals surface area (Å²) in [5.41, 5.74) is 0. The van der Waals surface area contributed by atoms with Crippen LogP contribution in [0.15, 0.2) is 0 Å². The average Bonchev–Trinajstić information content (AvgIpc) is 2.89. The fraction of sp³-hybridized carbons (Fsp3) is 0.929. The quantitative estimate of drug-likeness (QED) is 0.687. The van der Waals surface area contributed by atoms with E-state index < -0.39 is 0 Å². The summed E-state index contributed by atoms with van der Waals surface area (Å²) in [5, 5.41) is 4.28. The van der Waals surface area contributed by atoms with Gasteiger partial charge in [-0.1, -0.05) is 26.7 Å². The first kappa shape index (κ1) is 15.7. The Morgan fingerprint density at radius 3 is 2.44 bits per heavy atom. The Labute approximate surface area is 117 Å². The zero-order valence-corrected chi connectivity index (χ0v) is 12.7. The lowest BCUT2D eigenvalue weighted by Crippen LogP contribution is -2.43. The molecular weight excluding hydrogens is 244 g/mol. The van der Waals surface area contributed by atoms with Crippen molar-refractivity contribution in [3.05, 3.63) is 0 Å². The molecule has 1 atom stereocenters. The molecule has 0 spiro atoms. The van der Waals surface area contributed by atoms with Gasteiger partial charge >= 0.3 is 0 Å². The molecule has 1 N–H and O–H groups in total. The summed E-state index contributed by atoms with van der Waals surface area (Å²) < 4.78 is 5.60. The van der Waals surface area contributed by atoms with E-state index in [1.165, 1.54) is 38.5 Å². The summed E-state index contributed by atoms with van der Waals surface area (Å²) in [6, 6.07) is 0.